The maximum absolute atomic E-state index is 12.4. The zero-order chi connectivity index (χ0) is 18.4. The van der Waals surface area contributed by atoms with E-state index in [1.54, 1.807) is 16.8 Å². The van der Waals surface area contributed by atoms with Gasteiger partial charge < -0.3 is 5.32 Å². The zero-order valence-corrected chi connectivity index (χ0v) is 15.0. The van der Waals surface area contributed by atoms with Crippen LogP contribution in [0.15, 0.2) is 65.7 Å². The van der Waals surface area contributed by atoms with Gasteiger partial charge in [0.25, 0.3) is 0 Å². The lowest BCUT2D eigenvalue weighted by Crippen LogP contribution is -2.21. The number of aromatic nitrogens is 2. The first-order valence-corrected chi connectivity index (χ1v) is 9.06. The number of nitrogens with zero attached hydrogens (tertiary/aromatic N) is 3. The lowest BCUT2D eigenvalue weighted by molar-refractivity contribution is 0.262. The molecule has 0 aliphatic rings. The molecule has 1 aromatic heterocycles. The Bertz CT molecular complexity index is 932. The van der Waals surface area contributed by atoms with E-state index in [-0.39, 0.29) is 0 Å². The van der Waals surface area contributed by atoms with Gasteiger partial charge in [-0.1, -0.05) is 43.3 Å². The molecule has 0 aliphatic carbocycles. The lowest BCUT2D eigenvalue weighted by atomic mass is 10.3. The lowest BCUT2D eigenvalue weighted by Gasteiger charge is -2.10. The summed E-state index contributed by atoms with van der Waals surface area (Å²) in [4.78, 5) is 12.4. The molecule has 6 nitrogen and oxygen atoms in total. The molecule has 0 bridgehead atoms. The quantitative estimate of drug-likeness (QED) is 0.654. The van der Waals surface area contributed by atoms with Gasteiger partial charge in [-0.25, -0.2) is 9.48 Å². The van der Waals surface area contributed by atoms with Crippen molar-refractivity contribution in [2.45, 2.75) is 11.9 Å². The molecule has 0 saturated carbocycles. The number of para-hydroxylation sites is 2. The molecule has 0 atom stereocenters. The van der Waals surface area contributed by atoms with Crippen molar-refractivity contribution in [1.82, 2.24) is 9.78 Å². The molecule has 2 amide bonds. The number of urea groups is 1. The number of amides is 2. The van der Waals surface area contributed by atoms with Gasteiger partial charge in [0.2, 0.25) is 0 Å². The fourth-order valence-electron chi connectivity index (χ4n) is 2.40. The summed E-state index contributed by atoms with van der Waals surface area (Å²) in [6.45, 7) is 1.99. The smallest absolute Gasteiger partial charge is 0.308 e. The molecule has 0 aliphatic heterocycles. The third-order valence-corrected chi connectivity index (χ3v) is 4.36. The van der Waals surface area contributed by atoms with Gasteiger partial charge in [-0.3, -0.25) is 5.32 Å². The largest absolute Gasteiger partial charge is 0.324 e. The fourth-order valence-corrected chi connectivity index (χ4v) is 3.10. The van der Waals surface area contributed by atoms with Crippen molar-refractivity contribution in [3.05, 3.63) is 66.2 Å². The van der Waals surface area contributed by atoms with Gasteiger partial charge in [0.15, 0.2) is 5.82 Å². The maximum Gasteiger partial charge on any atom is 0.324 e. The number of benzene rings is 2. The highest BCUT2D eigenvalue weighted by atomic mass is 32.2. The molecular weight excluding hydrogens is 346 g/mol. The van der Waals surface area contributed by atoms with Crippen LogP contribution < -0.4 is 10.6 Å². The number of hydrogen-bond acceptors (Lipinski definition) is 4. The van der Waals surface area contributed by atoms with Gasteiger partial charge in [0, 0.05) is 5.69 Å². The zero-order valence-electron chi connectivity index (χ0n) is 14.1. The van der Waals surface area contributed by atoms with Crippen LogP contribution in [0.25, 0.3) is 5.69 Å². The molecule has 2 aromatic carbocycles. The third-order valence-electron chi connectivity index (χ3n) is 3.51. The molecule has 26 heavy (non-hydrogen) atoms. The molecule has 3 rings (SSSR count). The highest BCUT2D eigenvalue weighted by molar-refractivity contribution is 7.99. The van der Waals surface area contributed by atoms with Crippen LogP contribution in [-0.2, 0) is 0 Å². The number of anilines is 2. The Balaban J connectivity index is 1.96. The summed E-state index contributed by atoms with van der Waals surface area (Å²) in [7, 11) is 0. The topological polar surface area (TPSA) is 82.7 Å². The molecule has 0 saturated heterocycles. The number of carbonyl (C=O) groups is 1. The molecule has 0 spiro atoms. The molecular formula is C19H17N5OS. The summed E-state index contributed by atoms with van der Waals surface area (Å²) in [6.07, 6.45) is 0. The normalized spacial score (nSPS) is 10.2. The molecule has 7 heteroatoms. The molecule has 0 radical (unpaired) electrons. The number of hydrogen-bond donors (Lipinski definition) is 2. The van der Waals surface area contributed by atoms with Gasteiger partial charge in [-0.05, 0) is 30.0 Å². The summed E-state index contributed by atoms with van der Waals surface area (Å²) < 4.78 is 1.58. The van der Waals surface area contributed by atoms with Gasteiger partial charge in [0.1, 0.15) is 16.7 Å². The number of carbonyl (C=O) groups excluding carboxylic acids is 1. The third kappa shape index (κ3) is 3.87. The minimum Gasteiger partial charge on any atom is -0.308 e. The molecule has 2 N–H and O–H groups in total. The van der Waals surface area contributed by atoms with Crippen molar-refractivity contribution in [3.63, 3.8) is 0 Å². The van der Waals surface area contributed by atoms with Gasteiger partial charge in [-0.15, -0.1) is 11.8 Å². The molecule has 130 valence electrons. The van der Waals surface area contributed by atoms with E-state index >= 15 is 0 Å². The highest BCUT2D eigenvalue weighted by Crippen LogP contribution is 2.30. The Kier molecular flexibility index (Phi) is 5.56. The second-order valence-electron chi connectivity index (χ2n) is 5.27. The Morgan fingerprint density at radius 2 is 1.77 bits per heavy atom. The van der Waals surface area contributed by atoms with E-state index in [1.807, 2.05) is 55.5 Å². The monoisotopic (exact) mass is 363 g/mol. The second kappa shape index (κ2) is 8.23. The SMILES string of the molecule is CCSc1nn(-c2ccccc2)c(NC(=O)Nc2ccccc2)c1C#N. The van der Waals surface area contributed by atoms with Gasteiger partial charge in [-0.2, -0.15) is 10.4 Å². The summed E-state index contributed by atoms with van der Waals surface area (Å²) in [5.74, 6) is 1.12. The standard InChI is InChI=1S/C19H17N5OS/c1-2-26-18-16(13-20)17(24(23-18)15-11-7-4-8-12-15)22-19(25)21-14-9-5-3-6-10-14/h3-12H,2H2,1H3,(H2,21,22,25). The van der Waals surface area contributed by atoms with Crippen molar-refractivity contribution < 1.29 is 4.79 Å². The van der Waals surface area contributed by atoms with E-state index in [0.717, 1.165) is 11.4 Å². The summed E-state index contributed by atoms with van der Waals surface area (Å²) in [5, 5.41) is 20.2. The molecule has 0 fully saturated rings. The summed E-state index contributed by atoms with van der Waals surface area (Å²) in [5.41, 5.74) is 1.78. The number of rotatable bonds is 5. The van der Waals surface area contributed by atoms with Crippen molar-refractivity contribution in [1.29, 1.82) is 5.26 Å². The van der Waals surface area contributed by atoms with E-state index < -0.39 is 6.03 Å². The van der Waals surface area contributed by atoms with Gasteiger partial charge in [0.05, 0.1) is 5.69 Å². The van der Waals surface area contributed by atoms with Crippen LogP contribution in [0, 0.1) is 11.3 Å². The highest BCUT2D eigenvalue weighted by Gasteiger charge is 2.21. The van der Waals surface area contributed by atoms with Gasteiger partial charge >= 0.3 is 6.03 Å². The van der Waals surface area contributed by atoms with Crippen LogP contribution in [0.2, 0.25) is 0 Å². The summed E-state index contributed by atoms with van der Waals surface area (Å²) >= 11 is 1.46. The van der Waals surface area contributed by atoms with E-state index in [9.17, 15) is 10.1 Å². The Hall–Kier alpha value is -3.24. The second-order valence-corrected chi connectivity index (χ2v) is 6.52. The predicted molar refractivity (Wildman–Crippen MR) is 104 cm³/mol. The minimum absolute atomic E-state index is 0.350. The van der Waals surface area contributed by atoms with Crippen LogP contribution in [-0.4, -0.2) is 21.6 Å². The molecule has 0 unspecified atom stereocenters. The average Bonchev–Trinajstić information content (AvgIpc) is 3.00. The number of nitrogens with one attached hydrogen (secondary N) is 2. The first-order valence-electron chi connectivity index (χ1n) is 8.07. The van der Waals surface area contributed by atoms with E-state index in [2.05, 4.69) is 21.8 Å². The van der Waals surface area contributed by atoms with E-state index in [1.165, 1.54) is 11.8 Å². The van der Waals surface area contributed by atoms with Crippen LogP contribution >= 0.6 is 11.8 Å². The van der Waals surface area contributed by atoms with Crippen molar-refractivity contribution in [2.24, 2.45) is 0 Å². The van der Waals surface area contributed by atoms with Crippen molar-refractivity contribution >= 4 is 29.3 Å². The molecule has 1 heterocycles. The minimum atomic E-state index is -0.433. The maximum atomic E-state index is 12.4. The predicted octanol–water partition coefficient (Wildman–Crippen LogP) is 4.50. The first-order chi connectivity index (χ1) is 12.7. The Labute approximate surface area is 155 Å². The van der Waals surface area contributed by atoms with Crippen molar-refractivity contribution in [3.8, 4) is 11.8 Å². The van der Waals surface area contributed by atoms with Crippen LogP contribution in [0.3, 0.4) is 0 Å². The van der Waals surface area contributed by atoms with E-state index in [4.69, 9.17) is 0 Å². The van der Waals surface area contributed by atoms with Crippen LogP contribution in [0.1, 0.15) is 12.5 Å². The average molecular weight is 363 g/mol. The van der Waals surface area contributed by atoms with Crippen LogP contribution in [0.4, 0.5) is 16.3 Å². The Morgan fingerprint density at radius 1 is 1.12 bits per heavy atom. The van der Waals surface area contributed by atoms with E-state index in [0.29, 0.717) is 22.1 Å². The first kappa shape index (κ1) is 17.6. The number of thioether (sulfide) groups is 1. The molecule has 3 aromatic rings. The Morgan fingerprint density at radius 3 is 2.38 bits per heavy atom. The van der Waals surface area contributed by atoms with Crippen LogP contribution in [0.5, 0.6) is 0 Å². The summed E-state index contributed by atoms with van der Waals surface area (Å²) in [6, 6.07) is 20.2. The van der Waals surface area contributed by atoms with Crippen molar-refractivity contribution in [2.75, 3.05) is 16.4 Å². The number of nitriles is 1. The fraction of sp³-hybridized carbons (Fsp3) is 0.105.